The van der Waals surface area contributed by atoms with Gasteiger partial charge in [-0.2, -0.15) is 10.2 Å². The van der Waals surface area contributed by atoms with Gasteiger partial charge in [-0.15, -0.1) is 0 Å². The highest BCUT2D eigenvalue weighted by molar-refractivity contribution is 5.97. The number of aryl methyl sites for hydroxylation is 2. The maximum absolute atomic E-state index is 5.27. The van der Waals surface area contributed by atoms with E-state index in [1.54, 1.807) is 21.8 Å². The molecule has 0 fully saturated rings. The molecule has 0 bridgehead atoms. The molecule has 2 rings (SSSR count). The lowest BCUT2D eigenvalue weighted by atomic mass is 10.2. The Balaban J connectivity index is 1.95. The molecular weight excluding hydrogens is 218 g/mol. The summed E-state index contributed by atoms with van der Waals surface area (Å²) in [4.78, 5) is 5.27. The zero-order valence-corrected chi connectivity index (χ0v) is 10.2. The smallest absolute Gasteiger partial charge is 0.158 e. The van der Waals surface area contributed by atoms with Crippen LogP contribution in [0, 0.1) is 0 Å². The molecule has 2 aromatic heterocycles. The predicted octanol–water partition coefficient (Wildman–Crippen LogP) is 1.09. The number of aromatic nitrogens is 4. The molecule has 0 spiro atoms. The minimum Gasteiger partial charge on any atom is -0.389 e. The molecule has 0 aliphatic rings. The molecule has 17 heavy (non-hydrogen) atoms. The van der Waals surface area contributed by atoms with Gasteiger partial charge in [0.1, 0.15) is 0 Å². The third-order valence-electron chi connectivity index (χ3n) is 2.46. The van der Waals surface area contributed by atoms with Crippen molar-refractivity contribution in [2.24, 2.45) is 19.3 Å². The number of oxime groups is 1. The number of hydrogen-bond acceptors (Lipinski definition) is 4. The van der Waals surface area contributed by atoms with E-state index in [0.717, 1.165) is 17.0 Å². The minimum absolute atomic E-state index is 0.411. The first-order chi connectivity index (χ1) is 8.16. The first kappa shape index (κ1) is 11.4. The monoisotopic (exact) mass is 233 g/mol. The molecule has 6 nitrogen and oxygen atoms in total. The Labute approximate surface area is 99.5 Å². The van der Waals surface area contributed by atoms with Crippen molar-refractivity contribution in [3.8, 4) is 0 Å². The third kappa shape index (κ3) is 2.72. The Morgan fingerprint density at radius 2 is 2.24 bits per heavy atom. The molecular formula is C11H15N5O. The van der Waals surface area contributed by atoms with Gasteiger partial charge in [-0.25, -0.2) is 0 Å². The van der Waals surface area contributed by atoms with Crippen LogP contribution in [-0.2, 0) is 25.5 Å². The number of hydrogen-bond donors (Lipinski definition) is 0. The molecule has 0 radical (unpaired) electrons. The van der Waals surface area contributed by atoms with Gasteiger partial charge in [0.2, 0.25) is 0 Å². The third-order valence-corrected chi connectivity index (χ3v) is 2.46. The van der Waals surface area contributed by atoms with Crippen LogP contribution < -0.4 is 0 Å². The summed E-state index contributed by atoms with van der Waals surface area (Å²) >= 11 is 0. The van der Waals surface area contributed by atoms with Crippen molar-refractivity contribution in [2.75, 3.05) is 0 Å². The second-order valence-corrected chi connectivity index (χ2v) is 3.80. The fourth-order valence-corrected chi connectivity index (χ4v) is 1.40. The molecule has 0 amide bonds. The molecule has 0 aliphatic heterocycles. The largest absolute Gasteiger partial charge is 0.389 e. The number of rotatable bonds is 4. The first-order valence-corrected chi connectivity index (χ1v) is 5.29. The van der Waals surface area contributed by atoms with Crippen molar-refractivity contribution < 1.29 is 4.84 Å². The van der Waals surface area contributed by atoms with Gasteiger partial charge < -0.3 is 4.84 Å². The topological polar surface area (TPSA) is 57.2 Å². The van der Waals surface area contributed by atoms with Crippen LogP contribution in [0.2, 0.25) is 0 Å². The molecule has 90 valence electrons. The van der Waals surface area contributed by atoms with Crippen LogP contribution in [0.4, 0.5) is 0 Å². The van der Waals surface area contributed by atoms with Gasteiger partial charge in [0.25, 0.3) is 0 Å². The van der Waals surface area contributed by atoms with Crippen LogP contribution >= 0.6 is 0 Å². The van der Waals surface area contributed by atoms with E-state index in [-0.39, 0.29) is 0 Å². The summed E-state index contributed by atoms with van der Waals surface area (Å²) in [5.74, 6) is 0. The second-order valence-electron chi connectivity index (χ2n) is 3.80. The summed E-state index contributed by atoms with van der Waals surface area (Å²) in [5.41, 5.74) is 2.74. The van der Waals surface area contributed by atoms with Gasteiger partial charge in [0, 0.05) is 32.1 Å². The van der Waals surface area contributed by atoms with Crippen LogP contribution in [0.3, 0.4) is 0 Å². The van der Waals surface area contributed by atoms with E-state index in [2.05, 4.69) is 15.4 Å². The van der Waals surface area contributed by atoms with E-state index in [1.807, 2.05) is 33.3 Å². The maximum Gasteiger partial charge on any atom is 0.158 e. The minimum atomic E-state index is 0.411. The summed E-state index contributed by atoms with van der Waals surface area (Å²) in [6.07, 6.45) is 5.38. The highest BCUT2D eigenvalue weighted by atomic mass is 16.6. The SMILES string of the molecule is CC(=NOCc1ccnn1C)c1cnn(C)c1. The summed E-state index contributed by atoms with van der Waals surface area (Å²) in [7, 11) is 3.74. The molecule has 0 aromatic carbocycles. The zero-order chi connectivity index (χ0) is 12.3. The van der Waals surface area contributed by atoms with E-state index in [4.69, 9.17) is 4.84 Å². The lowest BCUT2D eigenvalue weighted by Crippen LogP contribution is -2.00. The average Bonchev–Trinajstić information content (AvgIpc) is 2.88. The summed E-state index contributed by atoms with van der Waals surface area (Å²) in [6, 6.07) is 1.90. The van der Waals surface area contributed by atoms with Crippen LogP contribution in [0.5, 0.6) is 0 Å². The van der Waals surface area contributed by atoms with E-state index < -0.39 is 0 Å². The summed E-state index contributed by atoms with van der Waals surface area (Å²) < 4.78 is 3.49. The predicted molar refractivity (Wildman–Crippen MR) is 63.4 cm³/mol. The molecule has 0 unspecified atom stereocenters. The van der Waals surface area contributed by atoms with Gasteiger partial charge in [0.15, 0.2) is 6.61 Å². The zero-order valence-electron chi connectivity index (χ0n) is 10.2. The normalized spacial score (nSPS) is 11.8. The lowest BCUT2D eigenvalue weighted by Gasteiger charge is -2.01. The van der Waals surface area contributed by atoms with Crippen molar-refractivity contribution >= 4 is 5.71 Å². The van der Waals surface area contributed by atoms with Crippen molar-refractivity contribution in [3.63, 3.8) is 0 Å². The molecule has 6 heteroatoms. The van der Waals surface area contributed by atoms with Gasteiger partial charge in [-0.05, 0) is 13.0 Å². The van der Waals surface area contributed by atoms with Crippen LogP contribution in [-0.4, -0.2) is 25.3 Å². The van der Waals surface area contributed by atoms with Gasteiger partial charge in [0.05, 0.1) is 17.6 Å². The maximum atomic E-state index is 5.27. The Kier molecular flexibility index (Phi) is 3.22. The first-order valence-electron chi connectivity index (χ1n) is 5.29. The summed E-state index contributed by atoms with van der Waals surface area (Å²) in [6.45, 7) is 2.30. The molecule has 0 saturated heterocycles. The van der Waals surface area contributed by atoms with Crippen LogP contribution in [0.1, 0.15) is 18.2 Å². The van der Waals surface area contributed by atoms with E-state index in [1.165, 1.54) is 0 Å². The van der Waals surface area contributed by atoms with Crippen LogP contribution in [0.15, 0.2) is 29.8 Å². The van der Waals surface area contributed by atoms with E-state index >= 15 is 0 Å². The second kappa shape index (κ2) is 4.82. The van der Waals surface area contributed by atoms with Gasteiger partial charge >= 0.3 is 0 Å². The summed E-state index contributed by atoms with van der Waals surface area (Å²) in [5, 5.41) is 12.2. The van der Waals surface area contributed by atoms with Crippen molar-refractivity contribution in [1.82, 2.24) is 19.6 Å². The van der Waals surface area contributed by atoms with Crippen molar-refractivity contribution in [1.29, 1.82) is 0 Å². The van der Waals surface area contributed by atoms with E-state index in [9.17, 15) is 0 Å². The van der Waals surface area contributed by atoms with Crippen molar-refractivity contribution in [3.05, 3.63) is 35.9 Å². The van der Waals surface area contributed by atoms with Gasteiger partial charge in [-0.3, -0.25) is 9.36 Å². The molecule has 0 N–H and O–H groups in total. The standard InChI is InChI=1S/C11H15N5O/c1-9(10-6-13-15(2)7-10)14-17-8-11-4-5-12-16(11)3/h4-7H,8H2,1-3H3. The fraction of sp³-hybridized carbons (Fsp3) is 0.364. The molecule has 0 aliphatic carbocycles. The average molecular weight is 233 g/mol. The Morgan fingerprint density at radius 1 is 1.41 bits per heavy atom. The molecule has 0 atom stereocenters. The molecule has 0 saturated carbocycles. The van der Waals surface area contributed by atoms with Crippen LogP contribution in [0.25, 0.3) is 0 Å². The fourth-order valence-electron chi connectivity index (χ4n) is 1.40. The highest BCUT2D eigenvalue weighted by Crippen LogP contribution is 2.02. The van der Waals surface area contributed by atoms with Crippen molar-refractivity contribution in [2.45, 2.75) is 13.5 Å². The molecule has 2 aromatic rings. The van der Waals surface area contributed by atoms with E-state index in [0.29, 0.717) is 6.61 Å². The Bertz CT molecular complexity index is 525. The highest BCUT2D eigenvalue weighted by Gasteiger charge is 2.01. The molecule has 2 heterocycles. The Morgan fingerprint density at radius 3 is 2.82 bits per heavy atom. The number of nitrogens with zero attached hydrogens (tertiary/aromatic N) is 5. The van der Waals surface area contributed by atoms with Gasteiger partial charge in [-0.1, -0.05) is 5.16 Å². The lowest BCUT2D eigenvalue weighted by molar-refractivity contribution is 0.125. The Hall–Kier alpha value is -2.11. The quantitative estimate of drug-likeness (QED) is 0.587.